The Hall–Kier alpha value is -2.04. The highest BCUT2D eigenvalue weighted by molar-refractivity contribution is 5.94. The van der Waals surface area contributed by atoms with Crippen molar-refractivity contribution in [3.05, 3.63) is 29.8 Å². The number of carboxylic acid groups (broad SMARTS) is 1. The zero-order valence-electron chi connectivity index (χ0n) is 12.7. The summed E-state index contributed by atoms with van der Waals surface area (Å²) in [4.78, 5) is 25.4. The summed E-state index contributed by atoms with van der Waals surface area (Å²) in [5.41, 5.74) is 0.617. The molecule has 2 fully saturated rings. The topological polar surface area (TPSA) is 66.8 Å². The minimum Gasteiger partial charge on any atom is -0.494 e. The zero-order valence-corrected chi connectivity index (χ0v) is 12.7. The molecule has 0 radical (unpaired) electrons. The quantitative estimate of drug-likeness (QED) is 0.927. The lowest BCUT2D eigenvalue weighted by Gasteiger charge is -2.32. The van der Waals surface area contributed by atoms with E-state index < -0.39 is 5.97 Å². The van der Waals surface area contributed by atoms with E-state index in [0.29, 0.717) is 25.3 Å². The summed E-state index contributed by atoms with van der Waals surface area (Å²) in [7, 11) is 0. The van der Waals surface area contributed by atoms with Gasteiger partial charge in [0.15, 0.2) is 0 Å². The minimum atomic E-state index is -0.689. The van der Waals surface area contributed by atoms with Crippen LogP contribution in [0.1, 0.15) is 36.5 Å². The van der Waals surface area contributed by atoms with Gasteiger partial charge in [-0.1, -0.05) is 0 Å². The van der Waals surface area contributed by atoms with E-state index in [-0.39, 0.29) is 17.2 Å². The van der Waals surface area contributed by atoms with Gasteiger partial charge < -0.3 is 14.7 Å². The van der Waals surface area contributed by atoms with Crippen molar-refractivity contribution in [3.8, 4) is 5.75 Å². The second kappa shape index (κ2) is 5.63. The van der Waals surface area contributed by atoms with E-state index in [4.69, 9.17) is 9.84 Å². The van der Waals surface area contributed by atoms with Gasteiger partial charge in [-0.2, -0.15) is 0 Å². The first-order valence-electron chi connectivity index (χ1n) is 7.81. The fourth-order valence-corrected chi connectivity index (χ4v) is 3.45. The molecule has 1 aliphatic heterocycles. The zero-order chi connectivity index (χ0) is 15.7. The van der Waals surface area contributed by atoms with Crippen LogP contribution in [0.4, 0.5) is 0 Å². The van der Waals surface area contributed by atoms with Crippen LogP contribution in [0.5, 0.6) is 5.75 Å². The number of nitrogens with zero attached hydrogens (tertiary/aromatic N) is 1. The first-order chi connectivity index (χ1) is 10.6. The summed E-state index contributed by atoms with van der Waals surface area (Å²) in [5.74, 6) is -0.106. The number of hydrogen-bond donors (Lipinski definition) is 1. The Morgan fingerprint density at radius 3 is 2.41 bits per heavy atom. The van der Waals surface area contributed by atoms with Crippen molar-refractivity contribution in [1.29, 1.82) is 0 Å². The van der Waals surface area contributed by atoms with Crippen molar-refractivity contribution in [2.24, 2.45) is 11.3 Å². The molecular formula is C17H21NO4. The number of benzene rings is 1. The van der Waals surface area contributed by atoms with Crippen molar-refractivity contribution in [1.82, 2.24) is 4.90 Å². The number of rotatable bonds is 4. The lowest BCUT2D eigenvalue weighted by molar-refractivity contribution is -0.139. The number of hydrogen-bond acceptors (Lipinski definition) is 3. The molecule has 1 atom stereocenters. The Morgan fingerprint density at radius 2 is 1.91 bits per heavy atom. The van der Waals surface area contributed by atoms with Crippen LogP contribution in [0.25, 0.3) is 0 Å². The Balaban J connectivity index is 1.59. The minimum absolute atomic E-state index is 0.0189. The van der Waals surface area contributed by atoms with Gasteiger partial charge in [0.2, 0.25) is 0 Å². The third-order valence-corrected chi connectivity index (χ3v) is 4.95. The maximum Gasteiger partial charge on any atom is 0.307 e. The Bertz CT molecular complexity index is 573. The van der Waals surface area contributed by atoms with Crippen molar-refractivity contribution in [2.45, 2.75) is 26.2 Å². The van der Waals surface area contributed by atoms with Gasteiger partial charge in [-0.3, -0.25) is 9.59 Å². The molecule has 3 rings (SSSR count). The highest BCUT2D eigenvalue weighted by Gasteiger charge is 2.59. The van der Waals surface area contributed by atoms with Gasteiger partial charge in [-0.05, 0) is 55.9 Å². The lowest BCUT2D eigenvalue weighted by atomic mass is 9.90. The fourth-order valence-electron chi connectivity index (χ4n) is 3.45. The highest BCUT2D eigenvalue weighted by atomic mass is 16.5. The summed E-state index contributed by atoms with van der Waals surface area (Å²) < 4.78 is 5.38. The molecular weight excluding hydrogens is 282 g/mol. The predicted octanol–water partition coefficient (Wildman–Crippen LogP) is 2.41. The van der Waals surface area contributed by atoms with Crippen LogP contribution in [0.3, 0.4) is 0 Å². The van der Waals surface area contributed by atoms with Crippen LogP contribution < -0.4 is 4.74 Å². The smallest absolute Gasteiger partial charge is 0.307 e. The van der Waals surface area contributed by atoms with Gasteiger partial charge in [0.25, 0.3) is 5.91 Å². The van der Waals surface area contributed by atoms with Gasteiger partial charge in [0.05, 0.1) is 12.5 Å². The molecule has 1 unspecified atom stereocenters. The molecule has 1 amide bonds. The average molecular weight is 303 g/mol. The first-order valence-corrected chi connectivity index (χ1v) is 7.81. The van der Waals surface area contributed by atoms with Crippen LogP contribution in [-0.2, 0) is 4.79 Å². The molecule has 1 aromatic carbocycles. The standard InChI is InChI=1S/C17H21NO4/c1-2-22-13-5-3-12(4-6-13)15(19)18-9-7-17(8-10-18)11-14(17)16(20)21/h3-6,14H,2,7-11H2,1H3,(H,20,21). The summed E-state index contributed by atoms with van der Waals surface area (Å²) >= 11 is 0. The SMILES string of the molecule is CCOc1ccc(C(=O)N2CCC3(CC2)CC3C(=O)O)cc1. The van der Waals surface area contributed by atoms with E-state index in [1.54, 1.807) is 12.1 Å². The Labute approximate surface area is 129 Å². The van der Waals surface area contributed by atoms with Gasteiger partial charge in [-0.15, -0.1) is 0 Å². The molecule has 0 aromatic heterocycles. The summed E-state index contributed by atoms with van der Waals surface area (Å²) in [6.07, 6.45) is 2.37. The number of amides is 1. The van der Waals surface area contributed by atoms with E-state index in [1.807, 2.05) is 24.0 Å². The van der Waals surface area contributed by atoms with Crippen molar-refractivity contribution >= 4 is 11.9 Å². The van der Waals surface area contributed by atoms with Crippen LogP contribution in [0.15, 0.2) is 24.3 Å². The van der Waals surface area contributed by atoms with Gasteiger partial charge in [0, 0.05) is 18.7 Å². The number of ether oxygens (including phenoxy) is 1. The average Bonchev–Trinajstić information content (AvgIpc) is 3.23. The van der Waals surface area contributed by atoms with Crippen molar-refractivity contribution in [2.75, 3.05) is 19.7 Å². The van der Waals surface area contributed by atoms with Gasteiger partial charge in [-0.25, -0.2) is 0 Å². The summed E-state index contributed by atoms with van der Waals surface area (Å²) in [5, 5.41) is 9.10. The van der Waals surface area contributed by atoms with Gasteiger partial charge in [0.1, 0.15) is 5.75 Å². The van der Waals surface area contributed by atoms with Crippen LogP contribution in [0, 0.1) is 11.3 Å². The normalized spacial score (nSPS) is 22.4. The second-order valence-electron chi connectivity index (χ2n) is 6.21. The third kappa shape index (κ3) is 2.67. The highest BCUT2D eigenvalue weighted by Crippen LogP contribution is 2.59. The molecule has 1 aliphatic carbocycles. The molecule has 1 saturated carbocycles. The summed E-state index contributed by atoms with van der Waals surface area (Å²) in [6.45, 7) is 3.82. The van der Waals surface area contributed by atoms with Gasteiger partial charge >= 0.3 is 5.97 Å². The van der Waals surface area contributed by atoms with Crippen molar-refractivity contribution < 1.29 is 19.4 Å². The van der Waals surface area contributed by atoms with Crippen LogP contribution in [0.2, 0.25) is 0 Å². The fraction of sp³-hybridized carbons (Fsp3) is 0.529. The number of piperidine rings is 1. The first kappa shape index (κ1) is 14.9. The lowest BCUT2D eigenvalue weighted by Crippen LogP contribution is -2.40. The van der Waals surface area contributed by atoms with E-state index in [1.165, 1.54) is 0 Å². The number of carbonyl (C=O) groups is 2. The molecule has 1 heterocycles. The van der Waals surface area contributed by atoms with E-state index in [2.05, 4.69) is 0 Å². The maximum absolute atomic E-state index is 12.5. The Kier molecular flexibility index (Phi) is 3.81. The van der Waals surface area contributed by atoms with Crippen LogP contribution in [-0.4, -0.2) is 41.6 Å². The molecule has 1 N–H and O–H groups in total. The largest absolute Gasteiger partial charge is 0.494 e. The maximum atomic E-state index is 12.5. The summed E-state index contributed by atoms with van der Waals surface area (Å²) in [6, 6.07) is 7.19. The molecule has 1 spiro atoms. The third-order valence-electron chi connectivity index (χ3n) is 4.95. The molecule has 1 aromatic rings. The van der Waals surface area contributed by atoms with E-state index in [9.17, 15) is 9.59 Å². The molecule has 118 valence electrons. The van der Waals surface area contributed by atoms with E-state index >= 15 is 0 Å². The molecule has 5 heteroatoms. The number of likely N-dealkylation sites (tertiary alicyclic amines) is 1. The van der Waals surface area contributed by atoms with Crippen LogP contribution >= 0.6 is 0 Å². The van der Waals surface area contributed by atoms with Crippen molar-refractivity contribution in [3.63, 3.8) is 0 Å². The number of aliphatic carboxylic acids is 1. The molecule has 1 saturated heterocycles. The molecule has 5 nitrogen and oxygen atoms in total. The predicted molar refractivity (Wildman–Crippen MR) is 80.9 cm³/mol. The monoisotopic (exact) mass is 303 g/mol. The number of carboxylic acids is 1. The van der Waals surface area contributed by atoms with E-state index in [0.717, 1.165) is 25.0 Å². The molecule has 2 aliphatic rings. The second-order valence-corrected chi connectivity index (χ2v) is 6.21. The molecule has 22 heavy (non-hydrogen) atoms. The number of carbonyl (C=O) groups excluding carboxylic acids is 1. The Morgan fingerprint density at radius 1 is 1.27 bits per heavy atom. The molecule has 0 bridgehead atoms.